The molecule has 2 fully saturated rings. The summed E-state index contributed by atoms with van der Waals surface area (Å²) in [6.45, 7) is 11.6. The molecular formula is C26H43NO2. The van der Waals surface area contributed by atoms with Crippen molar-refractivity contribution in [1.82, 2.24) is 5.32 Å². The van der Waals surface area contributed by atoms with Gasteiger partial charge in [-0.1, -0.05) is 30.7 Å². The van der Waals surface area contributed by atoms with Crippen molar-refractivity contribution in [3.05, 3.63) is 23.8 Å². The number of rotatable bonds is 9. The van der Waals surface area contributed by atoms with Gasteiger partial charge < -0.3 is 15.5 Å². The highest BCUT2D eigenvalue weighted by Crippen LogP contribution is 2.50. The van der Waals surface area contributed by atoms with Gasteiger partial charge in [0.2, 0.25) is 0 Å². The summed E-state index contributed by atoms with van der Waals surface area (Å²) in [4.78, 5) is 0. The molecule has 0 amide bonds. The lowest BCUT2D eigenvalue weighted by molar-refractivity contribution is 0.137. The van der Waals surface area contributed by atoms with Crippen molar-refractivity contribution in [2.75, 3.05) is 6.54 Å². The van der Waals surface area contributed by atoms with Gasteiger partial charge in [0.25, 0.3) is 0 Å². The molecule has 0 saturated heterocycles. The fourth-order valence-electron chi connectivity index (χ4n) is 4.79. The summed E-state index contributed by atoms with van der Waals surface area (Å²) in [6, 6.07) is 0. The molecule has 0 unspecified atom stereocenters. The molecule has 2 aliphatic carbocycles. The summed E-state index contributed by atoms with van der Waals surface area (Å²) < 4.78 is 0. The highest BCUT2D eigenvalue weighted by atomic mass is 16.3. The molecule has 0 radical (unpaired) electrons. The zero-order valence-corrected chi connectivity index (χ0v) is 19.2. The van der Waals surface area contributed by atoms with E-state index in [1.54, 1.807) is 5.57 Å². The Bertz CT molecular complexity index is 619. The van der Waals surface area contributed by atoms with Gasteiger partial charge in [0.05, 0.1) is 12.2 Å². The topological polar surface area (TPSA) is 52.5 Å². The molecule has 0 spiro atoms. The Morgan fingerprint density at radius 2 is 2.00 bits per heavy atom. The van der Waals surface area contributed by atoms with Crippen LogP contribution in [-0.2, 0) is 0 Å². The van der Waals surface area contributed by atoms with Gasteiger partial charge in [0.15, 0.2) is 0 Å². The number of aliphatic hydroxyl groups excluding tert-OH is 2. The number of nitrogens with one attached hydrogen (secondary N) is 1. The fourth-order valence-corrected chi connectivity index (χ4v) is 4.79. The number of hydrogen-bond acceptors (Lipinski definition) is 3. The van der Waals surface area contributed by atoms with Crippen LogP contribution in [0.2, 0.25) is 0 Å². The van der Waals surface area contributed by atoms with Crippen molar-refractivity contribution in [3.8, 4) is 11.8 Å². The van der Waals surface area contributed by atoms with Crippen LogP contribution in [-0.4, -0.2) is 34.5 Å². The summed E-state index contributed by atoms with van der Waals surface area (Å²) in [6.07, 6.45) is 13.2. The molecule has 164 valence electrons. The summed E-state index contributed by atoms with van der Waals surface area (Å²) in [7, 11) is 0. The second kappa shape index (κ2) is 11.3. The second-order valence-electron chi connectivity index (χ2n) is 10.2. The van der Waals surface area contributed by atoms with Crippen LogP contribution in [0.4, 0.5) is 0 Å². The molecule has 2 aliphatic rings. The van der Waals surface area contributed by atoms with Gasteiger partial charge in [-0.15, -0.1) is 11.8 Å². The van der Waals surface area contributed by atoms with E-state index < -0.39 is 6.10 Å². The van der Waals surface area contributed by atoms with Gasteiger partial charge in [-0.25, -0.2) is 0 Å². The third-order valence-corrected chi connectivity index (χ3v) is 6.54. The third kappa shape index (κ3) is 7.93. The lowest BCUT2D eigenvalue weighted by Crippen LogP contribution is -2.36. The summed E-state index contributed by atoms with van der Waals surface area (Å²) >= 11 is 0. The van der Waals surface area contributed by atoms with Gasteiger partial charge >= 0.3 is 0 Å². The SMILES string of the molecule is CC#CC[C@H](C)[C@H](O)/C=C/[C@@H]1[C@H]2C/C(=C/CCCCNC(C)(C)C)C[C@H]2C[C@H]1O. The van der Waals surface area contributed by atoms with Gasteiger partial charge in [-0.3, -0.25) is 0 Å². The van der Waals surface area contributed by atoms with E-state index in [2.05, 4.69) is 50.1 Å². The highest BCUT2D eigenvalue weighted by Gasteiger charge is 2.44. The number of allylic oxidation sites excluding steroid dienone is 2. The standard InChI is InChI=1S/C26H43NO2/c1-6-7-11-19(2)24(28)14-13-22-23-17-20(16-21(23)18-25(22)29)12-9-8-10-15-27-26(3,4)5/h12-14,19,21-25,27-29H,8-11,15-18H2,1-5H3/b14-13+,20-12+/t19-,21-,22+,23-,24+,25+/m0/s1. The van der Waals surface area contributed by atoms with Gasteiger partial charge in [-0.2, -0.15) is 0 Å². The largest absolute Gasteiger partial charge is 0.392 e. The van der Waals surface area contributed by atoms with Crippen LogP contribution in [0.15, 0.2) is 23.8 Å². The highest BCUT2D eigenvalue weighted by molar-refractivity contribution is 5.18. The zero-order chi connectivity index (χ0) is 21.4. The Balaban J connectivity index is 1.80. The smallest absolute Gasteiger partial charge is 0.0755 e. The third-order valence-electron chi connectivity index (χ3n) is 6.54. The van der Waals surface area contributed by atoms with Crippen molar-refractivity contribution in [2.45, 2.75) is 97.3 Å². The molecule has 0 heterocycles. The Kier molecular flexibility index (Phi) is 9.47. The van der Waals surface area contributed by atoms with Crippen LogP contribution in [0.5, 0.6) is 0 Å². The zero-order valence-electron chi connectivity index (χ0n) is 19.2. The molecule has 3 heteroatoms. The van der Waals surface area contributed by atoms with Crippen LogP contribution in [0, 0.1) is 35.5 Å². The van der Waals surface area contributed by atoms with Crippen LogP contribution in [0.3, 0.4) is 0 Å². The summed E-state index contributed by atoms with van der Waals surface area (Å²) in [5, 5.41) is 24.5. The van der Waals surface area contributed by atoms with Gasteiger partial charge in [0.1, 0.15) is 0 Å². The lowest BCUT2D eigenvalue weighted by Gasteiger charge is -2.20. The van der Waals surface area contributed by atoms with Crippen LogP contribution < -0.4 is 5.32 Å². The van der Waals surface area contributed by atoms with E-state index in [1.165, 1.54) is 19.3 Å². The Morgan fingerprint density at radius 3 is 2.69 bits per heavy atom. The maximum absolute atomic E-state index is 10.5. The Morgan fingerprint density at radius 1 is 1.24 bits per heavy atom. The van der Waals surface area contributed by atoms with Crippen LogP contribution in [0.25, 0.3) is 0 Å². The first kappa shape index (κ1) is 24.2. The van der Waals surface area contributed by atoms with Crippen molar-refractivity contribution < 1.29 is 10.2 Å². The minimum absolute atomic E-state index is 0.125. The molecule has 0 aromatic rings. The van der Waals surface area contributed by atoms with E-state index in [1.807, 2.05) is 19.9 Å². The first-order valence-electron chi connectivity index (χ1n) is 11.6. The second-order valence-corrected chi connectivity index (χ2v) is 10.2. The monoisotopic (exact) mass is 401 g/mol. The van der Waals surface area contributed by atoms with E-state index in [4.69, 9.17) is 0 Å². The quantitative estimate of drug-likeness (QED) is 0.294. The number of unbranched alkanes of at least 4 members (excludes halogenated alkanes) is 2. The maximum atomic E-state index is 10.5. The predicted octanol–water partition coefficient (Wildman–Crippen LogP) is 4.84. The average molecular weight is 402 g/mol. The van der Waals surface area contributed by atoms with E-state index >= 15 is 0 Å². The van der Waals surface area contributed by atoms with Crippen molar-refractivity contribution in [1.29, 1.82) is 0 Å². The molecule has 2 saturated carbocycles. The molecule has 0 aromatic carbocycles. The van der Waals surface area contributed by atoms with Gasteiger partial charge in [0, 0.05) is 17.9 Å². The molecule has 3 nitrogen and oxygen atoms in total. The first-order valence-corrected chi connectivity index (χ1v) is 11.6. The minimum Gasteiger partial charge on any atom is -0.392 e. The number of fused-ring (bicyclic) bond motifs is 1. The number of hydrogen-bond donors (Lipinski definition) is 3. The molecule has 6 atom stereocenters. The fraction of sp³-hybridized carbons (Fsp3) is 0.769. The van der Waals surface area contributed by atoms with E-state index in [0.717, 1.165) is 25.8 Å². The minimum atomic E-state index is -0.486. The van der Waals surface area contributed by atoms with Crippen LogP contribution >= 0.6 is 0 Å². The van der Waals surface area contributed by atoms with Crippen LogP contribution in [0.1, 0.15) is 79.6 Å². The van der Waals surface area contributed by atoms with E-state index in [-0.39, 0.29) is 23.5 Å². The Labute approximate surface area is 179 Å². The lowest BCUT2D eigenvalue weighted by atomic mass is 9.89. The van der Waals surface area contributed by atoms with E-state index in [9.17, 15) is 10.2 Å². The average Bonchev–Trinajstić information content (AvgIpc) is 3.16. The molecule has 0 aromatic heterocycles. The first-order chi connectivity index (χ1) is 13.7. The van der Waals surface area contributed by atoms with E-state index in [0.29, 0.717) is 18.3 Å². The Hall–Kier alpha value is -1.08. The maximum Gasteiger partial charge on any atom is 0.0755 e. The molecule has 29 heavy (non-hydrogen) atoms. The molecule has 0 bridgehead atoms. The molecule has 2 rings (SSSR count). The van der Waals surface area contributed by atoms with Crippen molar-refractivity contribution in [3.63, 3.8) is 0 Å². The van der Waals surface area contributed by atoms with Crippen molar-refractivity contribution >= 4 is 0 Å². The normalized spacial score (nSPS) is 30.4. The summed E-state index contributed by atoms with van der Waals surface area (Å²) in [5.41, 5.74) is 1.79. The molecular weight excluding hydrogens is 358 g/mol. The van der Waals surface area contributed by atoms with Gasteiger partial charge in [-0.05, 0) is 90.5 Å². The van der Waals surface area contributed by atoms with Crippen molar-refractivity contribution in [2.24, 2.45) is 23.7 Å². The summed E-state index contributed by atoms with van der Waals surface area (Å²) in [5.74, 6) is 7.38. The number of aliphatic hydroxyl groups is 2. The molecule has 3 N–H and O–H groups in total. The predicted molar refractivity (Wildman–Crippen MR) is 122 cm³/mol. The molecule has 0 aliphatic heterocycles.